The van der Waals surface area contributed by atoms with Crippen molar-refractivity contribution in [1.29, 1.82) is 0 Å². The van der Waals surface area contributed by atoms with E-state index in [0.717, 1.165) is 27.8 Å². The van der Waals surface area contributed by atoms with Gasteiger partial charge in [-0.1, -0.05) is 15.9 Å². The second-order valence-electron chi connectivity index (χ2n) is 3.94. The van der Waals surface area contributed by atoms with Gasteiger partial charge >= 0.3 is 5.97 Å². The number of carboxylic acids is 1. The summed E-state index contributed by atoms with van der Waals surface area (Å²) in [5, 5.41) is 8.74. The first-order chi connectivity index (χ1) is 8.08. The number of carboxylic acid groups (broad SMARTS) is 1. The highest BCUT2D eigenvalue weighted by molar-refractivity contribution is 9.10. The molecule has 0 amide bonds. The molecule has 1 aliphatic heterocycles. The summed E-state index contributed by atoms with van der Waals surface area (Å²) in [4.78, 5) is 10.7. The molecule has 5 heteroatoms. The van der Waals surface area contributed by atoms with E-state index in [9.17, 15) is 4.79 Å². The highest BCUT2D eigenvalue weighted by atomic mass is 79.9. The van der Waals surface area contributed by atoms with Crippen molar-refractivity contribution in [2.75, 3.05) is 6.61 Å². The second kappa shape index (κ2) is 5.06. The molecule has 92 valence electrons. The van der Waals surface area contributed by atoms with E-state index in [1.807, 2.05) is 12.1 Å². The SMILES string of the molecule is C[C@@H](OCc1cc(Br)cc2c1OCC2)C(=O)O. The molecular weight excluding hydrogens is 288 g/mol. The first-order valence-corrected chi connectivity index (χ1v) is 6.15. The standard InChI is InChI=1S/C12H13BrO4/c1-7(12(14)15)17-6-9-5-10(13)4-8-2-3-16-11(8)9/h4-5,7H,2-3,6H2,1H3,(H,14,15)/t7-/m1/s1. The molecule has 0 saturated carbocycles. The van der Waals surface area contributed by atoms with Crippen LogP contribution in [0.25, 0.3) is 0 Å². The molecule has 0 radical (unpaired) electrons. The van der Waals surface area contributed by atoms with Crippen LogP contribution in [0.15, 0.2) is 16.6 Å². The van der Waals surface area contributed by atoms with Crippen LogP contribution in [0.2, 0.25) is 0 Å². The van der Waals surface area contributed by atoms with E-state index in [1.165, 1.54) is 6.92 Å². The maximum Gasteiger partial charge on any atom is 0.332 e. The normalized spacial score (nSPS) is 15.2. The average molecular weight is 301 g/mol. The lowest BCUT2D eigenvalue weighted by atomic mass is 10.1. The van der Waals surface area contributed by atoms with E-state index in [4.69, 9.17) is 14.6 Å². The van der Waals surface area contributed by atoms with Crippen molar-refractivity contribution in [3.05, 3.63) is 27.7 Å². The molecule has 4 nitrogen and oxygen atoms in total. The van der Waals surface area contributed by atoms with Gasteiger partial charge in [0.1, 0.15) is 5.75 Å². The van der Waals surface area contributed by atoms with Gasteiger partial charge in [0.05, 0.1) is 13.2 Å². The number of halogens is 1. The molecule has 17 heavy (non-hydrogen) atoms. The Balaban J connectivity index is 2.13. The molecule has 0 aromatic heterocycles. The quantitative estimate of drug-likeness (QED) is 0.927. The minimum absolute atomic E-state index is 0.245. The molecular formula is C12H13BrO4. The summed E-state index contributed by atoms with van der Waals surface area (Å²) in [6, 6.07) is 3.92. The summed E-state index contributed by atoms with van der Waals surface area (Å²) < 4.78 is 11.8. The lowest BCUT2D eigenvalue weighted by Crippen LogP contribution is -2.19. The molecule has 0 spiro atoms. The first-order valence-electron chi connectivity index (χ1n) is 5.36. The minimum atomic E-state index is -0.961. The van der Waals surface area contributed by atoms with E-state index in [1.54, 1.807) is 0 Å². The van der Waals surface area contributed by atoms with Crippen LogP contribution in [-0.4, -0.2) is 23.8 Å². The van der Waals surface area contributed by atoms with Crippen LogP contribution in [0, 0.1) is 0 Å². The van der Waals surface area contributed by atoms with Crippen LogP contribution in [0.1, 0.15) is 18.1 Å². The molecule has 2 rings (SSSR count). The lowest BCUT2D eigenvalue weighted by molar-refractivity contribution is -0.149. The highest BCUT2D eigenvalue weighted by Gasteiger charge is 2.19. The van der Waals surface area contributed by atoms with E-state index >= 15 is 0 Å². The van der Waals surface area contributed by atoms with Crippen LogP contribution >= 0.6 is 15.9 Å². The molecule has 0 aliphatic carbocycles. The molecule has 1 aromatic rings. The number of ether oxygens (including phenoxy) is 2. The summed E-state index contributed by atoms with van der Waals surface area (Å²) in [7, 11) is 0. The number of fused-ring (bicyclic) bond motifs is 1. The fourth-order valence-corrected chi connectivity index (χ4v) is 2.29. The van der Waals surface area contributed by atoms with Crippen molar-refractivity contribution >= 4 is 21.9 Å². The van der Waals surface area contributed by atoms with E-state index in [0.29, 0.717) is 6.61 Å². The van der Waals surface area contributed by atoms with Gasteiger partial charge in [-0.05, 0) is 24.6 Å². The van der Waals surface area contributed by atoms with Crippen molar-refractivity contribution in [3.63, 3.8) is 0 Å². The Morgan fingerprint density at radius 2 is 2.41 bits per heavy atom. The molecule has 1 heterocycles. The number of carbonyl (C=O) groups is 1. The Hall–Kier alpha value is -1.07. The molecule has 0 saturated heterocycles. The molecule has 0 unspecified atom stereocenters. The van der Waals surface area contributed by atoms with Crippen molar-refractivity contribution in [2.24, 2.45) is 0 Å². The fraction of sp³-hybridized carbons (Fsp3) is 0.417. The lowest BCUT2D eigenvalue weighted by Gasteiger charge is -2.12. The van der Waals surface area contributed by atoms with Gasteiger partial charge in [-0.15, -0.1) is 0 Å². The fourth-order valence-electron chi connectivity index (χ4n) is 1.74. The molecule has 1 aromatic carbocycles. The Morgan fingerprint density at radius 3 is 3.12 bits per heavy atom. The van der Waals surface area contributed by atoms with Gasteiger partial charge in [0.2, 0.25) is 0 Å². The third-order valence-electron chi connectivity index (χ3n) is 2.66. The second-order valence-corrected chi connectivity index (χ2v) is 4.86. The minimum Gasteiger partial charge on any atom is -0.493 e. The van der Waals surface area contributed by atoms with E-state index in [2.05, 4.69) is 15.9 Å². The first kappa shape index (κ1) is 12.4. The molecule has 0 fully saturated rings. The number of rotatable bonds is 4. The van der Waals surface area contributed by atoms with Gasteiger partial charge in [-0.3, -0.25) is 0 Å². The van der Waals surface area contributed by atoms with Gasteiger partial charge in [0.25, 0.3) is 0 Å². The zero-order valence-corrected chi connectivity index (χ0v) is 11.0. The van der Waals surface area contributed by atoms with Crippen molar-refractivity contribution in [2.45, 2.75) is 26.1 Å². The summed E-state index contributed by atoms with van der Waals surface area (Å²) >= 11 is 3.42. The Labute approximate surface area is 108 Å². The largest absolute Gasteiger partial charge is 0.493 e. The summed E-state index contributed by atoms with van der Waals surface area (Å²) in [5.74, 6) is -0.122. The van der Waals surface area contributed by atoms with E-state index < -0.39 is 12.1 Å². The van der Waals surface area contributed by atoms with Gasteiger partial charge in [-0.2, -0.15) is 0 Å². The number of hydrogen-bond donors (Lipinski definition) is 1. The predicted octanol–water partition coefficient (Wildman–Crippen LogP) is 2.37. The molecule has 1 atom stereocenters. The van der Waals surface area contributed by atoms with Crippen LogP contribution in [0.4, 0.5) is 0 Å². The Bertz CT molecular complexity index is 444. The van der Waals surface area contributed by atoms with Gasteiger partial charge < -0.3 is 14.6 Å². The third-order valence-corrected chi connectivity index (χ3v) is 3.12. The monoisotopic (exact) mass is 300 g/mol. The Kier molecular flexibility index (Phi) is 3.69. The highest BCUT2D eigenvalue weighted by Crippen LogP contribution is 2.33. The average Bonchev–Trinajstić information content (AvgIpc) is 2.72. The number of aliphatic carboxylic acids is 1. The van der Waals surface area contributed by atoms with Crippen LogP contribution in [0.3, 0.4) is 0 Å². The maximum atomic E-state index is 10.7. The third kappa shape index (κ3) is 2.79. The van der Waals surface area contributed by atoms with Crippen molar-refractivity contribution in [3.8, 4) is 5.75 Å². The number of benzene rings is 1. The number of hydrogen-bond acceptors (Lipinski definition) is 3. The van der Waals surface area contributed by atoms with Crippen molar-refractivity contribution in [1.82, 2.24) is 0 Å². The Morgan fingerprint density at radius 1 is 1.65 bits per heavy atom. The summed E-state index contributed by atoms with van der Waals surface area (Å²) in [6.45, 7) is 2.43. The van der Waals surface area contributed by atoms with Crippen LogP contribution in [0.5, 0.6) is 5.75 Å². The van der Waals surface area contributed by atoms with Gasteiger partial charge in [0, 0.05) is 16.5 Å². The molecule has 0 bridgehead atoms. The molecule has 1 aliphatic rings. The summed E-state index contributed by atoms with van der Waals surface area (Å²) in [5.41, 5.74) is 2.03. The molecule has 1 N–H and O–H groups in total. The van der Waals surface area contributed by atoms with E-state index in [-0.39, 0.29) is 6.61 Å². The smallest absolute Gasteiger partial charge is 0.332 e. The van der Waals surface area contributed by atoms with Crippen LogP contribution < -0.4 is 4.74 Å². The maximum absolute atomic E-state index is 10.7. The topological polar surface area (TPSA) is 55.8 Å². The van der Waals surface area contributed by atoms with Crippen molar-refractivity contribution < 1.29 is 19.4 Å². The summed E-state index contributed by atoms with van der Waals surface area (Å²) in [6.07, 6.45) is 0.0713. The van der Waals surface area contributed by atoms with Crippen LogP contribution in [-0.2, 0) is 22.6 Å². The zero-order valence-electron chi connectivity index (χ0n) is 9.40. The van der Waals surface area contributed by atoms with Gasteiger partial charge in [-0.25, -0.2) is 4.79 Å². The van der Waals surface area contributed by atoms with Gasteiger partial charge in [0.15, 0.2) is 6.10 Å². The predicted molar refractivity (Wildman–Crippen MR) is 65.2 cm³/mol. The zero-order chi connectivity index (χ0) is 12.4.